The van der Waals surface area contributed by atoms with E-state index in [-0.39, 0.29) is 87.2 Å². The molecule has 3 amide bonds. The van der Waals surface area contributed by atoms with Gasteiger partial charge in [-0.25, -0.2) is 41.7 Å². The lowest BCUT2D eigenvalue weighted by atomic mass is 10.0. The van der Waals surface area contributed by atoms with E-state index in [2.05, 4.69) is 30.2 Å². The number of rotatable bonds is 18. The highest BCUT2D eigenvalue weighted by atomic mass is 31.2. The number of nitrogens with two attached hydrogens (primary N) is 3. The number of primary amides is 3. The molecule has 0 unspecified atom stereocenters. The topological polar surface area (TPSA) is 269 Å². The van der Waals surface area contributed by atoms with Crippen LogP contribution in [0, 0.1) is 38.2 Å². The number of alkyl halides is 9. The number of carbonyl (C=O) groups is 3. The molecule has 9 aromatic rings. The summed E-state index contributed by atoms with van der Waals surface area (Å²) in [5.41, 5.74) is 10.9. The Balaban J connectivity index is 1.21. The molecule has 6 aromatic heterocycles. The van der Waals surface area contributed by atoms with Gasteiger partial charge in [-0.1, -0.05) is 0 Å². The summed E-state index contributed by atoms with van der Waals surface area (Å²) in [6.07, 6.45) is -12.6. The Labute approximate surface area is 476 Å². The van der Waals surface area contributed by atoms with Crippen molar-refractivity contribution in [1.29, 1.82) is 0 Å². The van der Waals surface area contributed by atoms with Crippen LogP contribution in [0.25, 0.3) is 17.5 Å². The lowest BCUT2D eigenvalue weighted by Gasteiger charge is -2.18. The van der Waals surface area contributed by atoms with Gasteiger partial charge in [0.15, 0.2) is 17.5 Å². The van der Waals surface area contributed by atoms with Crippen molar-refractivity contribution >= 4 is 25.9 Å². The van der Waals surface area contributed by atoms with Gasteiger partial charge in [0.2, 0.25) is 0 Å². The first-order chi connectivity index (χ1) is 40.2. The standard InChI is InChI=1S/C54H39F12N12O7P/c1-25-43(46(67)79)49(76(73-25)40-19-28(4-7-70-40)10-31-13-34(52(58,59)60)22-37(55)16-31)83-86(82,84-50-44(47(68)80)26(2)74-77(50)41-20-29(5-8-71-41)11-32-14-35(53(61,62)63)23-38(56)17-32)85-51-45(48(69)81)27(3)75-78(51)42-21-30(6-9-72-42)12-33-15-36(54(64,65)66)24-39(57)18-33/h4-9,13-24,82H,10-12H2,1-3H3,(H5-,67,68,69,79,80,81)/p+1. The quantitative estimate of drug-likeness (QED) is 0.0460. The van der Waals surface area contributed by atoms with Gasteiger partial charge in [-0.05, 0) is 164 Å². The second-order valence-electron chi connectivity index (χ2n) is 19.0. The van der Waals surface area contributed by atoms with Gasteiger partial charge >= 0.3 is 26.7 Å². The fourth-order valence-corrected chi connectivity index (χ4v) is 10.3. The van der Waals surface area contributed by atoms with Crippen LogP contribution in [0.4, 0.5) is 52.7 Å². The van der Waals surface area contributed by atoms with Gasteiger partial charge in [0.05, 0.1) is 33.8 Å². The Hall–Kier alpha value is -9.90. The number of carbonyl (C=O) groups excluding carboxylic acids is 3. The van der Waals surface area contributed by atoms with Crippen molar-refractivity contribution in [3.8, 4) is 35.1 Å². The number of pyridine rings is 3. The minimum atomic E-state index is -5.85. The van der Waals surface area contributed by atoms with Crippen LogP contribution in [0.15, 0.2) is 110 Å². The van der Waals surface area contributed by atoms with Gasteiger partial charge in [0.25, 0.3) is 35.4 Å². The minimum absolute atomic E-state index is 0.141. The van der Waals surface area contributed by atoms with Gasteiger partial charge in [0, 0.05) is 18.6 Å². The molecule has 0 atom stereocenters. The lowest BCUT2D eigenvalue weighted by molar-refractivity contribution is -0.138. The molecule has 0 saturated carbocycles. The molecule has 6 heterocycles. The number of hydrogen-bond acceptors (Lipinski definition) is 13. The van der Waals surface area contributed by atoms with Gasteiger partial charge in [-0.3, -0.25) is 14.4 Å². The van der Waals surface area contributed by atoms with Crippen LogP contribution in [-0.4, -0.2) is 66.9 Å². The smallest absolute Gasteiger partial charge is 0.365 e. The molecule has 0 bridgehead atoms. The van der Waals surface area contributed by atoms with E-state index in [9.17, 15) is 72.0 Å². The zero-order valence-corrected chi connectivity index (χ0v) is 45.0. The van der Waals surface area contributed by atoms with Crippen molar-refractivity contribution in [2.45, 2.75) is 58.6 Å². The van der Waals surface area contributed by atoms with E-state index in [0.717, 1.165) is 50.8 Å². The predicted octanol–water partition coefficient (Wildman–Crippen LogP) is 10.1. The second kappa shape index (κ2) is 22.9. The van der Waals surface area contributed by atoms with Crippen LogP contribution in [0.2, 0.25) is 0 Å². The molecule has 0 aliphatic heterocycles. The maximum absolute atomic E-state index is 14.6. The third-order valence-electron chi connectivity index (χ3n) is 12.6. The average molecular weight is 1230 g/mol. The van der Waals surface area contributed by atoms with Gasteiger partial charge < -0.3 is 17.2 Å². The fourth-order valence-electron chi connectivity index (χ4n) is 8.99. The van der Waals surface area contributed by atoms with Crippen molar-refractivity contribution in [2.24, 2.45) is 17.2 Å². The summed E-state index contributed by atoms with van der Waals surface area (Å²) < 4.78 is 188. The molecule has 0 aliphatic carbocycles. The maximum Gasteiger partial charge on any atom is 0.719 e. The summed E-state index contributed by atoms with van der Waals surface area (Å²) in [7, 11) is -5.85. The van der Waals surface area contributed by atoms with Gasteiger partial charge in [-0.2, -0.15) is 68.9 Å². The zero-order valence-electron chi connectivity index (χ0n) is 44.2. The molecule has 446 valence electrons. The van der Waals surface area contributed by atoms with Gasteiger partial charge in [-0.15, -0.1) is 4.89 Å². The number of hydrogen-bond donors (Lipinski definition) is 4. The third-order valence-corrected chi connectivity index (χ3v) is 13.8. The Morgan fingerprint density at radius 2 is 0.698 bits per heavy atom. The van der Waals surface area contributed by atoms with Crippen LogP contribution in [0.1, 0.15) is 98.2 Å². The van der Waals surface area contributed by atoms with E-state index >= 15 is 0 Å². The largest absolute Gasteiger partial charge is 0.719 e. The Morgan fingerprint density at radius 3 is 0.930 bits per heavy atom. The molecule has 86 heavy (non-hydrogen) atoms. The van der Waals surface area contributed by atoms with E-state index < -0.39 is 113 Å². The molecule has 32 heteroatoms. The predicted molar refractivity (Wildman–Crippen MR) is 277 cm³/mol. The minimum Gasteiger partial charge on any atom is -0.365 e. The molecule has 0 saturated heterocycles. The molecule has 0 radical (unpaired) electrons. The Kier molecular flexibility index (Phi) is 16.2. The molecular formula is C54H40F12N12O7P+. The van der Waals surface area contributed by atoms with E-state index in [1.54, 1.807) is 0 Å². The first kappa shape index (κ1) is 60.7. The molecule has 0 fully saturated rings. The van der Waals surface area contributed by atoms with Crippen molar-refractivity contribution in [3.05, 3.63) is 211 Å². The molecular weight excluding hydrogens is 1190 g/mol. The number of aryl methyl sites for hydroxylation is 3. The van der Waals surface area contributed by atoms with Crippen LogP contribution >= 0.6 is 8.17 Å². The summed E-state index contributed by atoms with van der Waals surface area (Å²) in [6, 6.07) is 13.1. The molecule has 19 nitrogen and oxygen atoms in total. The average Bonchev–Trinajstić information content (AvgIpc) is 1.65. The van der Waals surface area contributed by atoms with Crippen molar-refractivity contribution in [1.82, 2.24) is 44.3 Å². The Bertz CT molecular complexity index is 3750. The normalized spacial score (nSPS) is 12.1. The van der Waals surface area contributed by atoms with Crippen LogP contribution in [0.3, 0.4) is 0 Å². The van der Waals surface area contributed by atoms with Crippen LogP contribution in [-0.2, 0) is 37.8 Å². The molecule has 0 spiro atoms. The van der Waals surface area contributed by atoms with Gasteiger partial charge in [0.1, 0.15) is 34.1 Å². The molecule has 3 aromatic carbocycles. The first-order valence-corrected chi connectivity index (χ1v) is 26.1. The lowest BCUT2D eigenvalue weighted by Crippen LogP contribution is -2.23. The number of aromatic nitrogens is 9. The highest BCUT2D eigenvalue weighted by Gasteiger charge is 2.57. The summed E-state index contributed by atoms with van der Waals surface area (Å²) in [5, 5.41) is 12.9. The fraction of sp³-hybridized carbons (Fsp3) is 0.167. The molecule has 0 aliphatic rings. The summed E-state index contributed by atoms with van der Waals surface area (Å²) in [6.45, 7) is 3.68. The zero-order chi connectivity index (χ0) is 62.5. The summed E-state index contributed by atoms with van der Waals surface area (Å²) in [4.78, 5) is 66.5. The van der Waals surface area contributed by atoms with E-state index in [1.165, 1.54) is 57.2 Å². The number of nitrogens with zero attached hydrogens (tertiary/aromatic N) is 9. The van der Waals surface area contributed by atoms with Crippen LogP contribution in [0.5, 0.6) is 17.6 Å². The van der Waals surface area contributed by atoms with E-state index in [4.69, 9.17) is 30.8 Å². The van der Waals surface area contributed by atoms with Crippen molar-refractivity contribution in [2.75, 3.05) is 0 Å². The van der Waals surface area contributed by atoms with E-state index in [0.29, 0.717) is 36.4 Å². The Morgan fingerprint density at radius 1 is 0.442 bits per heavy atom. The highest BCUT2D eigenvalue weighted by molar-refractivity contribution is 7.56. The first-order valence-electron chi connectivity index (χ1n) is 24.6. The monoisotopic (exact) mass is 1230 g/mol. The summed E-state index contributed by atoms with van der Waals surface area (Å²) >= 11 is 0. The second-order valence-corrected chi connectivity index (χ2v) is 20.5. The molecule has 7 N–H and O–H groups in total. The number of benzene rings is 3. The SMILES string of the molecule is Cc1nn(-c2cc(Cc3cc(F)cc(C(F)(F)F)c3)ccn2)c(O[P+](O)(Oc2c(C(N)=O)c(C)nn2-c2cc(Cc3cc(F)cc(C(F)(F)F)c3)ccn2)Oc2c(C(N)=O)c(C)nn2-c2cc(Cc3cc(F)cc(C(F)(F)F)c3)ccn2)c1C(N)=O. The summed E-state index contributed by atoms with van der Waals surface area (Å²) in [5.74, 6) is -11.4. The van der Waals surface area contributed by atoms with Crippen molar-refractivity contribution in [3.63, 3.8) is 0 Å². The number of halogens is 12. The number of amides is 3. The maximum atomic E-state index is 14.6. The third kappa shape index (κ3) is 13.2. The van der Waals surface area contributed by atoms with Crippen LogP contribution < -0.4 is 30.8 Å². The highest BCUT2D eigenvalue weighted by Crippen LogP contribution is 2.59. The van der Waals surface area contributed by atoms with Crippen molar-refractivity contribution < 1.29 is 85.5 Å². The molecule has 9 rings (SSSR count). The van der Waals surface area contributed by atoms with E-state index in [1.807, 2.05) is 0 Å².